The number of carbonyl (C=O) groups is 2. The maximum Gasteiger partial charge on any atom is 0.254 e. The van der Waals surface area contributed by atoms with Crippen molar-refractivity contribution in [1.82, 2.24) is 4.90 Å². The minimum absolute atomic E-state index is 0.0603. The van der Waals surface area contributed by atoms with Gasteiger partial charge in [-0.25, -0.2) is 8.78 Å². The molecule has 0 aliphatic carbocycles. The van der Waals surface area contributed by atoms with Gasteiger partial charge in [0, 0.05) is 37.0 Å². The topological polar surface area (TPSA) is 87.9 Å². The summed E-state index contributed by atoms with van der Waals surface area (Å²) in [4.78, 5) is 32.1. The van der Waals surface area contributed by atoms with Crippen molar-refractivity contribution in [2.75, 3.05) is 42.6 Å². The number of hydrogen-bond acceptors (Lipinski definition) is 5. The van der Waals surface area contributed by atoms with Crippen molar-refractivity contribution < 1.29 is 23.5 Å². The molecule has 2 aliphatic rings. The van der Waals surface area contributed by atoms with Crippen molar-refractivity contribution in [3.05, 3.63) is 93.5 Å². The first kappa shape index (κ1) is 30.2. The smallest absolute Gasteiger partial charge is 0.254 e. The predicted molar refractivity (Wildman–Crippen MR) is 161 cm³/mol. The minimum atomic E-state index is -1.09. The van der Waals surface area contributed by atoms with E-state index in [9.17, 15) is 28.7 Å². The van der Waals surface area contributed by atoms with Gasteiger partial charge in [-0.15, -0.1) is 0 Å². The minimum Gasteiger partial charge on any atom is -0.394 e. The van der Waals surface area contributed by atoms with Crippen molar-refractivity contribution in [1.29, 1.82) is 5.26 Å². The molecule has 0 aromatic heterocycles. The van der Waals surface area contributed by atoms with Gasteiger partial charge in [0.15, 0.2) is 11.6 Å². The number of benzene rings is 3. The zero-order chi connectivity index (χ0) is 30.8. The molecule has 2 aliphatic heterocycles. The number of hydrogen-bond donors (Lipinski definition) is 1. The fraction of sp³-hybridized carbons (Fsp3) is 0.382. The fourth-order valence-electron chi connectivity index (χ4n) is 6.67. The van der Waals surface area contributed by atoms with Crippen LogP contribution in [0.2, 0.25) is 0 Å². The Hall–Kier alpha value is -4.29. The van der Waals surface area contributed by atoms with E-state index >= 15 is 0 Å². The van der Waals surface area contributed by atoms with E-state index in [0.29, 0.717) is 17.0 Å². The number of piperidine rings is 1. The number of aryl methyl sites for hydroxylation is 2. The molecular formula is C34H36F2N4O3. The highest BCUT2D eigenvalue weighted by Gasteiger charge is 2.37. The molecule has 0 saturated carbocycles. The van der Waals surface area contributed by atoms with Gasteiger partial charge in [0.25, 0.3) is 5.91 Å². The first-order valence-electron chi connectivity index (χ1n) is 14.6. The zero-order valence-electron chi connectivity index (χ0n) is 24.7. The molecule has 5 rings (SSSR count). The van der Waals surface area contributed by atoms with Gasteiger partial charge in [0.1, 0.15) is 12.6 Å². The SMILES string of the molecule is Cc1cc(C)c(C(=O)N2CC(=O)N(c3ccc(F)c(F)c3)[C@H](CO)C2)c(C)c1CC1CCN(c2ccccc2C#N)CC1. The highest BCUT2D eigenvalue weighted by Crippen LogP contribution is 2.32. The van der Waals surface area contributed by atoms with E-state index in [1.807, 2.05) is 44.2 Å². The molecule has 2 amide bonds. The number of halogens is 2. The molecule has 9 heteroatoms. The van der Waals surface area contributed by atoms with Gasteiger partial charge in [-0.2, -0.15) is 5.26 Å². The summed E-state index contributed by atoms with van der Waals surface area (Å²) in [5, 5.41) is 19.6. The van der Waals surface area contributed by atoms with Crippen LogP contribution in [0.5, 0.6) is 0 Å². The average molecular weight is 587 g/mol. The van der Waals surface area contributed by atoms with E-state index in [1.165, 1.54) is 15.9 Å². The number of amides is 2. The Morgan fingerprint density at radius 1 is 1.02 bits per heavy atom. The van der Waals surface area contributed by atoms with E-state index < -0.39 is 30.2 Å². The van der Waals surface area contributed by atoms with Gasteiger partial charge in [-0.3, -0.25) is 9.59 Å². The van der Waals surface area contributed by atoms with E-state index in [1.54, 1.807) is 0 Å². The average Bonchev–Trinajstić information content (AvgIpc) is 3.00. The third-order valence-corrected chi connectivity index (χ3v) is 8.89. The Morgan fingerprint density at radius 2 is 1.74 bits per heavy atom. The van der Waals surface area contributed by atoms with Crippen LogP contribution in [0, 0.1) is 49.7 Å². The van der Waals surface area contributed by atoms with Gasteiger partial charge in [-0.1, -0.05) is 18.2 Å². The van der Waals surface area contributed by atoms with Crippen molar-refractivity contribution in [2.45, 2.75) is 46.1 Å². The molecule has 0 bridgehead atoms. The van der Waals surface area contributed by atoms with E-state index in [-0.39, 0.29) is 24.7 Å². The molecular weight excluding hydrogens is 550 g/mol. The normalized spacial score (nSPS) is 17.7. The van der Waals surface area contributed by atoms with Crippen LogP contribution in [0.15, 0.2) is 48.5 Å². The van der Waals surface area contributed by atoms with E-state index in [0.717, 1.165) is 72.4 Å². The summed E-state index contributed by atoms with van der Waals surface area (Å²) in [6, 6.07) is 14.4. The van der Waals surface area contributed by atoms with E-state index in [4.69, 9.17) is 0 Å². The lowest BCUT2D eigenvalue weighted by molar-refractivity contribution is -0.122. The molecule has 1 atom stereocenters. The second-order valence-electron chi connectivity index (χ2n) is 11.6. The van der Waals surface area contributed by atoms with Crippen LogP contribution in [0.4, 0.5) is 20.2 Å². The van der Waals surface area contributed by atoms with Crippen molar-refractivity contribution in [3.8, 4) is 6.07 Å². The molecule has 0 spiro atoms. The zero-order valence-corrected chi connectivity index (χ0v) is 24.7. The summed E-state index contributed by atoms with van der Waals surface area (Å²) in [7, 11) is 0. The van der Waals surface area contributed by atoms with Crippen LogP contribution in [-0.4, -0.2) is 60.6 Å². The number of para-hydroxylation sites is 1. The molecule has 7 nitrogen and oxygen atoms in total. The summed E-state index contributed by atoms with van der Waals surface area (Å²) in [6.45, 7) is 7.01. The van der Waals surface area contributed by atoms with Crippen molar-refractivity contribution in [2.24, 2.45) is 5.92 Å². The maximum absolute atomic E-state index is 13.9. The van der Waals surface area contributed by atoms with Crippen molar-refractivity contribution >= 4 is 23.2 Å². The van der Waals surface area contributed by atoms with Crippen molar-refractivity contribution in [3.63, 3.8) is 0 Å². The highest BCUT2D eigenvalue weighted by molar-refractivity contribution is 6.03. The molecule has 2 heterocycles. The summed E-state index contributed by atoms with van der Waals surface area (Å²) >= 11 is 0. The maximum atomic E-state index is 13.9. The van der Waals surface area contributed by atoms with Crippen LogP contribution in [0.3, 0.4) is 0 Å². The number of carbonyl (C=O) groups excluding carboxylic acids is 2. The number of nitriles is 1. The lowest BCUT2D eigenvalue weighted by Gasteiger charge is -2.40. The first-order valence-corrected chi connectivity index (χ1v) is 14.6. The molecule has 0 radical (unpaired) electrons. The predicted octanol–water partition coefficient (Wildman–Crippen LogP) is 5.07. The lowest BCUT2D eigenvalue weighted by Crippen LogP contribution is -2.59. The number of aliphatic hydroxyl groups is 1. The third-order valence-electron chi connectivity index (χ3n) is 8.89. The van der Waals surface area contributed by atoms with Crippen LogP contribution >= 0.6 is 0 Å². The van der Waals surface area contributed by atoms with Crippen LogP contribution in [0.25, 0.3) is 0 Å². The second-order valence-corrected chi connectivity index (χ2v) is 11.6. The lowest BCUT2D eigenvalue weighted by atomic mass is 9.83. The molecule has 43 heavy (non-hydrogen) atoms. The molecule has 2 saturated heterocycles. The molecule has 0 unspecified atom stereocenters. The quantitative estimate of drug-likeness (QED) is 0.436. The number of aliphatic hydroxyl groups excluding tert-OH is 1. The summed E-state index contributed by atoms with van der Waals surface area (Å²) in [6.07, 6.45) is 2.76. The van der Waals surface area contributed by atoms with Gasteiger partial charge in [0.05, 0.1) is 23.9 Å². The second kappa shape index (κ2) is 12.5. The fourth-order valence-corrected chi connectivity index (χ4v) is 6.67. The molecule has 3 aromatic rings. The molecule has 2 fully saturated rings. The Morgan fingerprint density at radius 3 is 2.42 bits per heavy atom. The third kappa shape index (κ3) is 5.98. The van der Waals surface area contributed by atoms with Crippen LogP contribution in [-0.2, 0) is 11.2 Å². The Labute approximate surface area is 250 Å². The standard InChI is InChI=1S/C34H36F2N4O3/c1-21-14-22(2)33(23(3)28(21)15-24-10-12-38(13-11-24)31-7-5-4-6-25(31)17-37)34(43)39-18-27(20-41)40(32(42)19-39)26-8-9-29(35)30(36)16-26/h4-9,14,16,24,27,41H,10-13,15,18-20H2,1-3H3/t27-/m0/s1. The van der Waals surface area contributed by atoms with Crippen LogP contribution in [0.1, 0.15) is 51.0 Å². The Kier molecular flexibility index (Phi) is 8.79. The monoisotopic (exact) mass is 586 g/mol. The summed E-state index contributed by atoms with van der Waals surface area (Å²) in [5.41, 5.74) is 6.33. The summed E-state index contributed by atoms with van der Waals surface area (Å²) < 4.78 is 27.4. The number of anilines is 2. The molecule has 3 aromatic carbocycles. The van der Waals surface area contributed by atoms with Gasteiger partial charge in [-0.05, 0) is 92.5 Å². The largest absolute Gasteiger partial charge is 0.394 e. The van der Waals surface area contributed by atoms with Crippen LogP contribution < -0.4 is 9.80 Å². The number of nitrogens with zero attached hydrogens (tertiary/aromatic N) is 4. The van der Waals surface area contributed by atoms with E-state index in [2.05, 4.69) is 17.9 Å². The first-order chi connectivity index (χ1) is 20.6. The Bertz CT molecular complexity index is 1590. The molecule has 1 N–H and O–H groups in total. The van der Waals surface area contributed by atoms with Gasteiger partial charge < -0.3 is 19.8 Å². The number of rotatable bonds is 6. The van der Waals surface area contributed by atoms with Gasteiger partial charge >= 0.3 is 0 Å². The molecule has 224 valence electrons. The Balaban J connectivity index is 1.33. The number of piperazine rings is 1. The highest BCUT2D eigenvalue weighted by atomic mass is 19.2. The summed E-state index contributed by atoms with van der Waals surface area (Å²) in [5.74, 6) is -2.44. The van der Waals surface area contributed by atoms with Gasteiger partial charge in [0.2, 0.25) is 5.91 Å².